The minimum atomic E-state index is -0.0185. The number of likely N-dealkylation sites (N-methyl/N-ethyl adjacent to an activating group) is 1. The molecule has 1 amide bonds. The number of rotatable bonds is 5. The minimum Gasteiger partial charge on any atom is -0.393 e. The molecular formula is C11H20N6O. The topological polar surface area (TPSA) is 110 Å². The molecule has 1 heterocycles. The molecule has 0 bridgehead atoms. The number of nitrogens with two attached hydrogens (primary N) is 2. The van der Waals surface area contributed by atoms with Gasteiger partial charge in [0.25, 0.3) is 0 Å². The molecule has 0 saturated carbocycles. The van der Waals surface area contributed by atoms with Crippen LogP contribution in [-0.4, -0.2) is 36.0 Å². The molecule has 0 atom stereocenters. The van der Waals surface area contributed by atoms with Crippen LogP contribution in [0.1, 0.15) is 13.8 Å². The molecule has 5 N–H and O–H groups in total. The number of hydrogen-bond donors (Lipinski definition) is 3. The first kappa shape index (κ1) is 14.0. The highest BCUT2D eigenvalue weighted by atomic mass is 16.1. The number of nitrogen functional groups attached to an aromatic ring is 2. The van der Waals surface area contributed by atoms with Crippen molar-refractivity contribution in [2.24, 2.45) is 5.92 Å². The Balaban J connectivity index is 2.53. The molecule has 0 unspecified atom stereocenters. The van der Waals surface area contributed by atoms with E-state index in [1.807, 2.05) is 25.8 Å². The van der Waals surface area contributed by atoms with E-state index in [0.717, 1.165) is 0 Å². The van der Waals surface area contributed by atoms with Gasteiger partial charge < -0.3 is 21.7 Å². The van der Waals surface area contributed by atoms with Gasteiger partial charge in [0, 0.05) is 26.1 Å². The van der Waals surface area contributed by atoms with Crippen LogP contribution in [0.15, 0.2) is 6.33 Å². The van der Waals surface area contributed by atoms with Gasteiger partial charge in [-0.3, -0.25) is 4.79 Å². The highest BCUT2D eigenvalue weighted by molar-refractivity contribution is 5.78. The van der Waals surface area contributed by atoms with Gasteiger partial charge in [-0.05, 0) is 0 Å². The second-order valence-electron chi connectivity index (χ2n) is 4.36. The third kappa shape index (κ3) is 3.47. The van der Waals surface area contributed by atoms with Gasteiger partial charge in [-0.25, -0.2) is 9.97 Å². The molecule has 0 aromatic carbocycles. The van der Waals surface area contributed by atoms with E-state index in [2.05, 4.69) is 15.3 Å². The normalized spacial score (nSPS) is 10.4. The highest BCUT2D eigenvalue weighted by Gasteiger charge is 2.11. The fourth-order valence-corrected chi connectivity index (χ4v) is 1.36. The predicted octanol–water partition coefficient (Wildman–Crippen LogP) is -0.151. The fraction of sp³-hybridized carbons (Fsp3) is 0.545. The Labute approximate surface area is 107 Å². The van der Waals surface area contributed by atoms with Crippen LogP contribution in [0.25, 0.3) is 0 Å². The summed E-state index contributed by atoms with van der Waals surface area (Å²) in [6.07, 6.45) is 1.37. The molecule has 0 saturated heterocycles. The Hall–Kier alpha value is -2.05. The summed E-state index contributed by atoms with van der Waals surface area (Å²) >= 11 is 0. The second kappa shape index (κ2) is 6.04. The van der Waals surface area contributed by atoms with Gasteiger partial charge in [0.05, 0.1) is 0 Å². The van der Waals surface area contributed by atoms with Crippen molar-refractivity contribution >= 4 is 23.2 Å². The van der Waals surface area contributed by atoms with E-state index >= 15 is 0 Å². The van der Waals surface area contributed by atoms with Crippen molar-refractivity contribution in [3.63, 3.8) is 0 Å². The lowest BCUT2D eigenvalue weighted by Crippen LogP contribution is -2.35. The smallest absolute Gasteiger partial charge is 0.222 e. The van der Waals surface area contributed by atoms with Crippen LogP contribution < -0.4 is 21.7 Å². The van der Waals surface area contributed by atoms with Crippen LogP contribution in [0.2, 0.25) is 0 Å². The molecule has 0 aliphatic heterocycles. The zero-order chi connectivity index (χ0) is 13.7. The van der Waals surface area contributed by atoms with Crippen molar-refractivity contribution < 1.29 is 4.79 Å². The largest absolute Gasteiger partial charge is 0.393 e. The molecule has 1 rings (SSSR count). The number of nitrogens with one attached hydrogen (secondary N) is 1. The highest BCUT2D eigenvalue weighted by Crippen LogP contribution is 2.21. The number of carbonyl (C=O) groups excluding carboxylic acids is 1. The molecule has 7 heteroatoms. The first-order chi connectivity index (χ1) is 8.43. The van der Waals surface area contributed by atoms with Crippen LogP contribution in [0, 0.1) is 5.92 Å². The maximum Gasteiger partial charge on any atom is 0.222 e. The molecule has 18 heavy (non-hydrogen) atoms. The van der Waals surface area contributed by atoms with Gasteiger partial charge in [0.1, 0.15) is 12.0 Å². The molecule has 0 radical (unpaired) electrons. The first-order valence-corrected chi connectivity index (χ1v) is 5.78. The molecule has 7 nitrogen and oxygen atoms in total. The average molecular weight is 252 g/mol. The van der Waals surface area contributed by atoms with E-state index in [1.54, 1.807) is 0 Å². The molecule has 0 aliphatic carbocycles. The number of carbonyl (C=O) groups is 1. The third-order valence-corrected chi connectivity index (χ3v) is 2.53. The van der Waals surface area contributed by atoms with E-state index in [4.69, 9.17) is 11.5 Å². The Morgan fingerprint density at radius 1 is 1.44 bits per heavy atom. The van der Waals surface area contributed by atoms with Gasteiger partial charge in [-0.2, -0.15) is 0 Å². The zero-order valence-electron chi connectivity index (χ0n) is 11.0. The summed E-state index contributed by atoms with van der Waals surface area (Å²) in [5.41, 5.74) is 11.7. The molecule has 1 aromatic rings. The lowest BCUT2D eigenvalue weighted by atomic mass is 10.2. The number of hydrogen-bond acceptors (Lipinski definition) is 6. The van der Waals surface area contributed by atoms with Gasteiger partial charge in [0.2, 0.25) is 5.91 Å². The van der Waals surface area contributed by atoms with Crippen molar-refractivity contribution in [2.45, 2.75) is 13.8 Å². The second-order valence-corrected chi connectivity index (χ2v) is 4.36. The standard InChI is InChI=1S/C11H20N6O/c1-7(2)11(18)14-4-5-17(3)10-8(12)9(13)15-6-16-10/h6-7H,4-5,12H2,1-3H3,(H,14,18)(H2,13,15,16). The van der Waals surface area contributed by atoms with Crippen molar-refractivity contribution in [1.29, 1.82) is 0 Å². The first-order valence-electron chi connectivity index (χ1n) is 5.78. The van der Waals surface area contributed by atoms with Gasteiger partial charge in [-0.1, -0.05) is 13.8 Å². The van der Waals surface area contributed by atoms with Crippen LogP contribution >= 0.6 is 0 Å². The Morgan fingerprint density at radius 3 is 2.72 bits per heavy atom. The molecular weight excluding hydrogens is 232 g/mol. The molecule has 0 spiro atoms. The van der Waals surface area contributed by atoms with E-state index in [0.29, 0.717) is 24.6 Å². The number of amides is 1. The summed E-state index contributed by atoms with van der Waals surface area (Å²) in [7, 11) is 1.83. The molecule has 0 aliphatic rings. The van der Waals surface area contributed by atoms with E-state index < -0.39 is 0 Å². The van der Waals surface area contributed by atoms with Gasteiger partial charge in [0.15, 0.2) is 11.6 Å². The van der Waals surface area contributed by atoms with Crippen LogP contribution in [0.4, 0.5) is 17.3 Å². The van der Waals surface area contributed by atoms with E-state index in [1.165, 1.54) is 6.33 Å². The number of anilines is 3. The maximum atomic E-state index is 11.4. The van der Waals surface area contributed by atoms with Crippen LogP contribution in [0.5, 0.6) is 0 Å². The number of aromatic nitrogens is 2. The average Bonchev–Trinajstić information content (AvgIpc) is 2.32. The Kier molecular flexibility index (Phi) is 4.70. The molecule has 1 aromatic heterocycles. The summed E-state index contributed by atoms with van der Waals surface area (Å²) < 4.78 is 0. The fourth-order valence-electron chi connectivity index (χ4n) is 1.36. The summed E-state index contributed by atoms with van der Waals surface area (Å²) in [4.78, 5) is 21.1. The Bertz CT molecular complexity index is 420. The summed E-state index contributed by atoms with van der Waals surface area (Å²) in [6, 6.07) is 0. The predicted molar refractivity (Wildman–Crippen MR) is 72.0 cm³/mol. The summed E-state index contributed by atoms with van der Waals surface area (Å²) in [6.45, 7) is 4.82. The van der Waals surface area contributed by atoms with Crippen molar-refractivity contribution in [2.75, 3.05) is 36.5 Å². The molecule has 0 fully saturated rings. The lowest BCUT2D eigenvalue weighted by molar-refractivity contribution is -0.123. The molecule has 100 valence electrons. The van der Waals surface area contributed by atoms with Crippen molar-refractivity contribution in [3.8, 4) is 0 Å². The van der Waals surface area contributed by atoms with Crippen LogP contribution in [-0.2, 0) is 4.79 Å². The number of nitrogens with zero attached hydrogens (tertiary/aromatic N) is 3. The van der Waals surface area contributed by atoms with E-state index in [9.17, 15) is 4.79 Å². The minimum absolute atomic E-state index is 0.0185. The van der Waals surface area contributed by atoms with Crippen molar-refractivity contribution in [3.05, 3.63) is 6.33 Å². The lowest BCUT2D eigenvalue weighted by Gasteiger charge is -2.20. The Morgan fingerprint density at radius 2 is 2.11 bits per heavy atom. The third-order valence-electron chi connectivity index (χ3n) is 2.53. The SMILES string of the molecule is CC(C)C(=O)NCCN(C)c1ncnc(N)c1N. The monoisotopic (exact) mass is 252 g/mol. The maximum absolute atomic E-state index is 11.4. The van der Waals surface area contributed by atoms with Gasteiger partial charge in [-0.15, -0.1) is 0 Å². The quantitative estimate of drug-likeness (QED) is 0.672. The van der Waals surface area contributed by atoms with Gasteiger partial charge >= 0.3 is 0 Å². The zero-order valence-corrected chi connectivity index (χ0v) is 11.0. The van der Waals surface area contributed by atoms with E-state index in [-0.39, 0.29) is 17.6 Å². The summed E-state index contributed by atoms with van der Waals surface area (Å²) in [5.74, 6) is 0.841. The van der Waals surface area contributed by atoms with Crippen molar-refractivity contribution in [1.82, 2.24) is 15.3 Å². The van der Waals surface area contributed by atoms with Crippen LogP contribution in [0.3, 0.4) is 0 Å². The summed E-state index contributed by atoms with van der Waals surface area (Å²) in [5, 5.41) is 2.82.